The zero-order chi connectivity index (χ0) is 21.7. The van der Waals surface area contributed by atoms with Crippen molar-refractivity contribution in [1.29, 1.82) is 0 Å². The second kappa shape index (κ2) is 9.81. The summed E-state index contributed by atoms with van der Waals surface area (Å²) in [6.45, 7) is 2.76. The Bertz CT molecular complexity index is 974. The molecule has 1 aliphatic rings. The highest BCUT2D eigenvalue weighted by molar-refractivity contribution is 7.92. The molecule has 0 spiro atoms. The van der Waals surface area contributed by atoms with Gasteiger partial charge in [-0.05, 0) is 75.6 Å². The van der Waals surface area contributed by atoms with E-state index in [0.717, 1.165) is 36.7 Å². The van der Waals surface area contributed by atoms with Gasteiger partial charge in [-0.3, -0.25) is 9.10 Å². The number of nitrogens with zero attached hydrogens (tertiary/aromatic N) is 2. The van der Waals surface area contributed by atoms with Crippen LogP contribution in [0.25, 0.3) is 0 Å². The molecule has 0 aromatic heterocycles. The summed E-state index contributed by atoms with van der Waals surface area (Å²) in [5.74, 6) is 0.325. The first kappa shape index (κ1) is 22.6. The fraction of sp³-hybridized carbons (Fsp3) is 0.409. The first-order valence-electron chi connectivity index (χ1n) is 10.1. The molecule has 0 radical (unpaired) electrons. The van der Waals surface area contributed by atoms with Crippen LogP contribution >= 0.6 is 11.6 Å². The van der Waals surface area contributed by atoms with E-state index in [1.807, 2.05) is 0 Å². The number of likely N-dealkylation sites (tertiary alicyclic amines) is 1. The van der Waals surface area contributed by atoms with Crippen LogP contribution in [0.2, 0.25) is 5.02 Å². The zero-order valence-corrected chi connectivity index (χ0v) is 18.9. The molecular weight excluding hydrogens is 422 g/mol. The Morgan fingerprint density at radius 3 is 2.50 bits per heavy atom. The van der Waals surface area contributed by atoms with Crippen LogP contribution in [0.15, 0.2) is 53.4 Å². The van der Waals surface area contributed by atoms with Crippen molar-refractivity contribution in [3.8, 4) is 0 Å². The third-order valence-corrected chi connectivity index (χ3v) is 7.77. The molecule has 1 aliphatic heterocycles. The number of halogens is 1. The van der Waals surface area contributed by atoms with Gasteiger partial charge in [-0.15, -0.1) is 0 Å². The van der Waals surface area contributed by atoms with Gasteiger partial charge in [0.05, 0.1) is 21.2 Å². The molecular formula is C22H28ClN3O3S. The fourth-order valence-corrected chi connectivity index (χ4v) is 5.02. The number of carbonyl (C=O) groups excluding carboxylic acids is 1. The van der Waals surface area contributed by atoms with Gasteiger partial charge in [-0.1, -0.05) is 29.8 Å². The molecule has 162 valence electrons. The van der Waals surface area contributed by atoms with Crippen LogP contribution in [0.4, 0.5) is 5.69 Å². The van der Waals surface area contributed by atoms with Gasteiger partial charge in [-0.25, -0.2) is 8.42 Å². The van der Waals surface area contributed by atoms with Gasteiger partial charge < -0.3 is 10.2 Å². The topological polar surface area (TPSA) is 69.7 Å². The highest BCUT2D eigenvalue weighted by atomic mass is 35.5. The smallest absolute Gasteiger partial charge is 0.264 e. The average Bonchev–Trinajstić information content (AvgIpc) is 2.75. The maximum atomic E-state index is 12.9. The molecule has 1 saturated heterocycles. The third-order valence-electron chi connectivity index (χ3n) is 5.64. The largest absolute Gasteiger partial charge is 0.352 e. The molecule has 6 nitrogen and oxygen atoms in total. The number of hydrogen-bond acceptors (Lipinski definition) is 4. The van der Waals surface area contributed by atoms with Crippen molar-refractivity contribution in [2.45, 2.75) is 24.2 Å². The van der Waals surface area contributed by atoms with Gasteiger partial charge in [0.15, 0.2) is 0 Å². The van der Waals surface area contributed by atoms with Gasteiger partial charge in [0, 0.05) is 13.6 Å². The molecule has 8 heteroatoms. The van der Waals surface area contributed by atoms with Crippen LogP contribution in [0.3, 0.4) is 0 Å². The van der Waals surface area contributed by atoms with E-state index in [9.17, 15) is 13.2 Å². The van der Waals surface area contributed by atoms with Gasteiger partial charge in [0.2, 0.25) is 0 Å². The van der Waals surface area contributed by atoms with Gasteiger partial charge in [0.25, 0.3) is 15.9 Å². The summed E-state index contributed by atoms with van der Waals surface area (Å²) in [6.07, 6.45) is 3.22. The van der Waals surface area contributed by atoms with E-state index in [-0.39, 0.29) is 16.4 Å². The van der Waals surface area contributed by atoms with Crippen molar-refractivity contribution in [3.05, 3.63) is 59.1 Å². The van der Waals surface area contributed by atoms with Crippen LogP contribution in [0.5, 0.6) is 0 Å². The maximum Gasteiger partial charge on any atom is 0.264 e. The number of carbonyl (C=O) groups is 1. The van der Waals surface area contributed by atoms with Crippen LogP contribution in [0, 0.1) is 5.92 Å². The summed E-state index contributed by atoms with van der Waals surface area (Å²) in [5.41, 5.74) is 0.649. The number of piperidine rings is 1. The third kappa shape index (κ3) is 5.33. The molecule has 1 fully saturated rings. The van der Waals surface area contributed by atoms with Gasteiger partial charge in [0.1, 0.15) is 0 Å². The molecule has 0 bridgehead atoms. The molecule has 0 atom stereocenters. The van der Waals surface area contributed by atoms with E-state index in [2.05, 4.69) is 17.3 Å². The molecule has 2 aromatic carbocycles. The van der Waals surface area contributed by atoms with Crippen LogP contribution < -0.4 is 9.62 Å². The first-order chi connectivity index (χ1) is 14.3. The second-order valence-corrected chi connectivity index (χ2v) is 10.1. The number of benzene rings is 2. The highest BCUT2D eigenvalue weighted by Gasteiger charge is 2.23. The van der Waals surface area contributed by atoms with Crippen molar-refractivity contribution in [3.63, 3.8) is 0 Å². The summed E-state index contributed by atoms with van der Waals surface area (Å²) < 4.78 is 26.9. The fourth-order valence-electron chi connectivity index (χ4n) is 3.61. The van der Waals surface area contributed by atoms with Gasteiger partial charge >= 0.3 is 0 Å². The summed E-state index contributed by atoms with van der Waals surface area (Å²) in [4.78, 5) is 15.2. The summed E-state index contributed by atoms with van der Waals surface area (Å²) >= 11 is 6.24. The van der Waals surface area contributed by atoms with Crippen molar-refractivity contribution < 1.29 is 13.2 Å². The lowest BCUT2D eigenvalue weighted by Crippen LogP contribution is -2.33. The van der Waals surface area contributed by atoms with E-state index >= 15 is 0 Å². The molecule has 30 heavy (non-hydrogen) atoms. The first-order valence-corrected chi connectivity index (χ1v) is 11.9. The Morgan fingerprint density at radius 2 is 1.83 bits per heavy atom. The average molecular weight is 450 g/mol. The summed E-state index contributed by atoms with van der Waals surface area (Å²) in [5, 5.41) is 3.22. The van der Waals surface area contributed by atoms with Crippen LogP contribution in [-0.2, 0) is 10.0 Å². The number of rotatable bonds is 7. The van der Waals surface area contributed by atoms with Crippen molar-refractivity contribution in [2.24, 2.45) is 5.92 Å². The van der Waals surface area contributed by atoms with Crippen molar-refractivity contribution in [1.82, 2.24) is 10.2 Å². The van der Waals surface area contributed by atoms with E-state index in [0.29, 0.717) is 23.2 Å². The minimum absolute atomic E-state index is 0.187. The van der Waals surface area contributed by atoms with Crippen LogP contribution in [-0.4, -0.2) is 53.0 Å². The number of nitrogens with one attached hydrogen (secondary N) is 1. The molecule has 0 unspecified atom stereocenters. The molecule has 0 aliphatic carbocycles. The number of anilines is 1. The maximum absolute atomic E-state index is 12.9. The Kier molecular flexibility index (Phi) is 7.39. The predicted molar refractivity (Wildman–Crippen MR) is 121 cm³/mol. The highest BCUT2D eigenvalue weighted by Crippen LogP contribution is 2.27. The molecule has 1 heterocycles. The number of sulfonamides is 1. The Labute approximate surface area is 183 Å². The zero-order valence-electron chi connectivity index (χ0n) is 17.3. The van der Waals surface area contributed by atoms with E-state index in [4.69, 9.17) is 11.6 Å². The Hall–Kier alpha value is -2.09. The lowest BCUT2D eigenvalue weighted by atomic mass is 9.94. The molecule has 2 aromatic rings. The monoisotopic (exact) mass is 449 g/mol. The van der Waals surface area contributed by atoms with Crippen molar-refractivity contribution >= 4 is 33.2 Å². The Balaban J connectivity index is 1.68. The minimum atomic E-state index is -3.73. The van der Waals surface area contributed by atoms with Gasteiger partial charge in [-0.2, -0.15) is 0 Å². The molecule has 3 rings (SSSR count). The van der Waals surface area contributed by atoms with Crippen LogP contribution in [0.1, 0.15) is 29.6 Å². The Morgan fingerprint density at radius 1 is 1.17 bits per heavy atom. The normalized spacial score (nSPS) is 15.7. The second-order valence-electron chi connectivity index (χ2n) is 7.74. The molecule has 1 N–H and O–H groups in total. The lowest BCUT2D eigenvalue weighted by molar-refractivity contribution is 0.0949. The van der Waals surface area contributed by atoms with E-state index in [1.54, 1.807) is 42.5 Å². The lowest BCUT2D eigenvalue weighted by Gasteiger charge is -2.28. The van der Waals surface area contributed by atoms with Crippen molar-refractivity contribution in [2.75, 3.05) is 38.0 Å². The number of hydrogen-bond donors (Lipinski definition) is 1. The predicted octanol–water partition coefficient (Wildman–Crippen LogP) is 3.63. The molecule has 0 saturated carbocycles. The van der Waals surface area contributed by atoms with E-state index < -0.39 is 10.0 Å². The SMILES string of the molecule is CN1CCC(CCNC(=O)c2cc(N(C)S(=O)(=O)c3ccccc3)ccc2Cl)CC1. The molecule has 1 amide bonds. The minimum Gasteiger partial charge on any atom is -0.352 e. The quantitative estimate of drug-likeness (QED) is 0.700. The van der Waals surface area contributed by atoms with E-state index in [1.165, 1.54) is 13.1 Å². The number of amides is 1. The summed E-state index contributed by atoms with van der Waals surface area (Å²) in [7, 11) is -0.136. The standard InChI is InChI=1S/C22H28ClN3O3S/c1-25-14-11-17(12-15-25)10-13-24-22(27)20-16-18(8-9-21(20)23)26(2)30(28,29)19-6-4-3-5-7-19/h3-9,16-17H,10-15H2,1-2H3,(H,24,27). The summed E-state index contributed by atoms with van der Waals surface area (Å²) in [6, 6.07) is 12.9.